The normalized spacial score (nSPS) is 11.8. The molecule has 0 aliphatic rings. The standard InChI is InChI=1S/C40H23F5N4/c41-31-15-9-16-32(42)36(31)26-18-21-34(49-33-17-8-7-14-28(33)29-20-19-27(23-35(29)49)40(43,44)45)30(22-26)39-47-37(24-10-3-1-4-11-24)46-38(48-39)25-12-5-2-6-13-25/h1-23H. The Kier molecular flexibility index (Phi) is 7.25. The second-order valence-electron chi connectivity index (χ2n) is 11.4. The van der Waals surface area contributed by atoms with Crippen molar-refractivity contribution in [2.75, 3.05) is 0 Å². The summed E-state index contributed by atoms with van der Waals surface area (Å²) in [4.78, 5) is 14.5. The van der Waals surface area contributed by atoms with E-state index in [2.05, 4.69) is 0 Å². The molecule has 2 heterocycles. The topological polar surface area (TPSA) is 43.6 Å². The van der Waals surface area contributed by atoms with E-state index >= 15 is 8.78 Å². The second kappa shape index (κ2) is 11.8. The summed E-state index contributed by atoms with van der Waals surface area (Å²) >= 11 is 0. The summed E-state index contributed by atoms with van der Waals surface area (Å²) in [5.41, 5.74) is 2.21. The highest BCUT2D eigenvalue weighted by Gasteiger charge is 2.31. The smallest absolute Gasteiger partial charge is 0.308 e. The Labute approximate surface area is 276 Å². The molecule has 2 aromatic heterocycles. The molecule has 0 spiro atoms. The van der Waals surface area contributed by atoms with Gasteiger partial charge in [-0.1, -0.05) is 97.1 Å². The van der Waals surface area contributed by atoms with Crippen LogP contribution in [0.4, 0.5) is 22.0 Å². The Hall–Kier alpha value is -6.22. The number of hydrogen-bond donors (Lipinski definition) is 0. The molecule has 0 N–H and O–H groups in total. The number of para-hydroxylation sites is 1. The van der Waals surface area contributed by atoms with Crippen LogP contribution in [0.2, 0.25) is 0 Å². The molecule has 6 aromatic carbocycles. The van der Waals surface area contributed by atoms with Gasteiger partial charge in [-0.05, 0) is 48.0 Å². The van der Waals surface area contributed by atoms with Gasteiger partial charge in [-0.2, -0.15) is 13.2 Å². The van der Waals surface area contributed by atoms with Crippen molar-refractivity contribution >= 4 is 21.8 Å². The molecule has 0 aliphatic carbocycles. The number of benzene rings is 6. The molecular formula is C40H23F5N4. The van der Waals surface area contributed by atoms with Gasteiger partial charge in [0.05, 0.1) is 27.8 Å². The van der Waals surface area contributed by atoms with Crippen LogP contribution in [0.1, 0.15) is 5.56 Å². The number of fused-ring (bicyclic) bond motifs is 3. The Morgan fingerprint density at radius 2 is 1.04 bits per heavy atom. The maximum Gasteiger partial charge on any atom is 0.416 e. The molecule has 9 heteroatoms. The van der Waals surface area contributed by atoms with Gasteiger partial charge in [0.1, 0.15) is 11.6 Å². The van der Waals surface area contributed by atoms with Gasteiger partial charge >= 0.3 is 6.18 Å². The quantitative estimate of drug-likeness (QED) is 0.174. The van der Waals surface area contributed by atoms with Crippen molar-refractivity contribution in [1.82, 2.24) is 19.5 Å². The van der Waals surface area contributed by atoms with Gasteiger partial charge in [0.25, 0.3) is 0 Å². The molecule has 0 saturated carbocycles. The third-order valence-electron chi connectivity index (χ3n) is 8.43. The van der Waals surface area contributed by atoms with Gasteiger partial charge < -0.3 is 4.57 Å². The molecular weight excluding hydrogens is 631 g/mol. The first-order valence-electron chi connectivity index (χ1n) is 15.3. The Balaban J connectivity index is 1.49. The molecule has 0 bridgehead atoms. The lowest BCUT2D eigenvalue weighted by Crippen LogP contribution is -2.06. The summed E-state index contributed by atoms with van der Waals surface area (Å²) in [6, 6.07) is 37.8. The number of hydrogen-bond acceptors (Lipinski definition) is 3. The van der Waals surface area contributed by atoms with Crippen molar-refractivity contribution in [3.63, 3.8) is 0 Å². The molecule has 0 radical (unpaired) electrons. The van der Waals surface area contributed by atoms with Crippen LogP contribution in [0.25, 0.3) is 72.8 Å². The zero-order valence-corrected chi connectivity index (χ0v) is 25.5. The van der Waals surface area contributed by atoms with E-state index in [9.17, 15) is 13.2 Å². The summed E-state index contributed by atoms with van der Waals surface area (Å²) in [7, 11) is 0. The van der Waals surface area contributed by atoms with Gasteiger partial charge in [-0.25, -0.2) is 23.7 Å². The van der Waals surface area contributed by atoms with Crippen molar-refractivity contribution in [3.05, 3.63) is 157 Å². The van der Waals surface area contributed by atoms with Gasteiger partial charge in [0.15, 0.2) is 17.5 Å². The van der Waals surface area contributed by atoms with Crippen LogP contribution < -0.4 is 0 Å². The first-order valence-corrected chi connectivity index (χ1v) is 15.3. The number of alkyl halides is 3. The van der Waals surface area contributed by atoms with Crippen LogP contribution in [0, 0.1) is 11.6 Å². The van der Waals surface area contributed by atoms with Crippen molar-refractivity contribution in [3.8, 4) is 51.0 Å². The van der Waals surface area contributed by atoms with E-state index in [1.165, 1.54) is 24.3 Å². The molecule has 0 saturated heterocycles. The Morgan fingerprint density at radius 3 is 1.67 bits per heavy atom. The van der Waals surface area contributed by atoms with E-state index in [1.807, 2.05) is 78.9 Å². The minimum absolute atomic E-state index is 0.166. The molecule has 0 fully saturated rings. The number of aromatic nitrogens is 4. The molecule has 49 heavy (non-hydrogen) atoms. The van der Waals surface area contributed by atoms with E-state index in [-0.39, 0.29) is 17.0 Å². The Bertz CT molecular complexity index is 2430. The first kappa shape index (κ1) is 30.1. The lowest BCUT2D eigenvalue weighted by atomic mass is 9.99. The maximum absolute atomic E-state index is 15.2. The van der Waals surface area contributed by atoms with Crippen molar-refractivity contribution < 1.29 is 22.0 Å². The maximum atomic E-state index is 15.2. The average molecular weight is 655 g/mol. The highest BCUT2D eigenvalue weighted by molar-refractivity contribution is 6.10. The van der Waals surface area contributed by atoms with Gasteiger partial charge in [0, 0.05) is 27.5 Å². The molecule has 8 aromatic rings. The second-order valence-corrected chi connectivity index (χ2v) is 11.4. The highest BCUT2D eigenvalue weighted by Crippen LogP contribution is 2.41. The van der Waals surface area contributed by atoms with Crippen LogP contribution in [0.15, 0.2) is 140 Å². The molecule has 8 rings (SSSR count). The summed E-state index contributed by atoms with van der Waals surface area (Å²) in [5.74, 6) is -0.676. The lowest BCUT2D eigenvalue weighted by molar-refractivity contribution is -0.137. The van der Waals surface area contributed by atoms with E-state index in [0.717, 1.165) is 17.5 Å². The van der Waals surface area contributed by atoms with Crippen molar-refractivity contribution in [2.24, 2.45) is 0 Å². The molecule has 0 atom stereocenters. The van der Waals surface area contributed by atoms with Gasteiger partial charge in [-0.15, -0.1) is 0 Å². The lowest BCUT2D eigenvalue weighted by Gasteiger charge is -2.17. The third-order valence-corrected chi connectivity index (χ3v) is 8.43. The van der Waals surface area contributed by atoms with Crippen molar-refractivity contribution in [1.29, 1.82) is 0 Å². The molecule has 0 amide bonds. The van der Waals surface area contributed by atoms with E-state index in [4.69, 9.17) is 15.0 Å². The van der Waals surface area contributed by atoms with Crippen LogP contribution in [-0.4, -0.2) is 19.5 Å². The molecule has 4 nitrogen and oxygen atoms in total. The van der Waals surface area contributed by atoms with E-state index < -0.39 is 23.4 Å². The van der Waals surface area contributed by atoms with E-state index in [1.54, 1.807) is 28.8 Å². The highest BCUT2D eigenvalue weighted by atomic mass is 19.4. The summed E-state index contributed by atoms with van der Waals surface area (Å²) in [5, 5.41) is 1.33. The predicted octanol–water partition coefficient (Wildman–Crippen LogP) is 10.9. The first-order chi connectivity index (χ1) is 23.8. The third kappa shape index (κ3) is 5.39. The summed E-state index contributed by atoms with van der Waals surface area (Å²) < 4.78 is 74.3. The minimum Gasteiger partial charge on any atom is -0.308 e. The van der Waals surface area contributed by atoms with Crippen LogP contribution >= 0.6 is 0 Å². The van der Waals surface area contributed by atoms with Crippen LogP contribution in [0.5, 0.6) is 0 Å². The molecule has 238 valence electrons. The largest absolute Gasteiger partial charge is 0.416 e. The zero-order chi connectivity index (χ0) is 33.7. The number of halogens is 5. The van der Waals surface area contributed by atoms with Gasteiger partial charge in [-0.3, -0.25) is 0 Å². The van der Waals surface area contributed by atoms with Crippen molar-refractivity contribution in [2.45, 2.75) is 6.18 Å². The fraction of sp³-hybridized carbons (Fsp3) is 0.0250. The summed E-state index contributed by atoms with van der Waals surface area (Å²) in [6.07, 6.45) is -4.59. The SMILES string of the molecule is Fc1cccc(F)c1-c1ccc(-n2c3ccccc3c3ccc(C(F)(F)F)cc32)c(-c2nc(-c3ccccc3)nc(-c3ccccc3)n2)c1. The molecule has 0 aliphatic heterocycles. The van der Waals surface area contributed by atoms with Crippen LogP contribution in [0.3, 0.4) is 0 Å². The molecule has 0 unspecified atom stereocenters. The minimum atomic E-state index is -4.59. The predicted molar refractivity (Wildman–Crippen MR) is 181 cm³/mol. The average Bonchev–Trinajstić information content (AvgIpc) is 3.45. The summed E-state index contributed by atoms with van der Waals surface area (Å²) in [6.45, 7) is 0. The Morgan fingerprint density at radius 1 is 0.469 bits per heavy atom. The van der Waals surface area contributed by atoms with E-state index in [0.29, 0.717) is 50.4 Å². The monoisotopic (exact) mass is 654 g/mol. The fourth-order valence-corrected chi connectivity index (χ4v) is 6.17. The van der Waals surface area contributed by atoms with Crippen LogP contribution in [-0.2, 0) is 6.18 Å². The van der Waals surface area contributed by atoms with Gasteiger partial charge in [0.2, 0.25) is 0 Å². The fourth-order valence-electron chi connectivity index (χ4n) is 6.17. The number of nitrogens with zero attached hydrogens (tertiary/aromatic N) is 4. The number of rotatable bonds is 5. The zero-order valence-electron chi connectivity index (χ0n) is 25.5.